The summed E-state index contributed by atoms with van der Waals surface area (Å²) in [5.74, 6) is 0.140. The molecule has 2 rings (SSSR count). The number of carbonyl (C=O) groups excluding carboxylic acids is 1. The molecule has 0 atom stereocenters. The highest BCUT2D eigenvalue weighted by Gasteiger charge is 2.10. The number of nitrogens with zero attached hydrogens (tertiary/aromatic N) is 3. The Morgan fingerprint density at radius 2 is 2.00 bits per heavy atom. The van der Waals surface area contributed by atoms with Gasteiger partial charge in [-0.25, -0.2) is 9.97 Å². The second kappa shape index (κ2) is 7.18. The highest BCUT2D eigenvalue weighted by atomic mass is 16.1. The smallest absolute Gasteiger partial charge is 0.270 e. The van der Waals surface area contributed by atoms with Gasteiger partial charge in [0, 0.05) is 17.9 Å². The molecule has 0 aliphatic carbocycles. The van der Waals surface area contributed by atoms with Crippen molar-refractivity contribution >= 4 is 17.5 Å². The van der Waals surface area contributed by atoms with E-state index < -0.39 is 0 Å². The minimum Gasteiger partial charge on any atom is -0.351 e. The predicted molar refractivity (Wildman–Crippen MR) is 83.8 cm³/mol. The summed E-state index contributed by atoms with van der Waals surface area (Å²) in [5.41, 5.74) is 2.37. The van der Waals surface area contributed by atoms with Gasteiger partial charge in [0.2, 0.25) is 5.95 Å². The van der Waals surface area contributed by atoms with Crippen molar-refractivity contribution in [2.45, 2.75) is 20.3 Å². The van der Waals surface area contributed by atoms with Crippen LogP contribution in [0, 0.1) is 18.3 Å². The Morgan fingerprint density at radius 3 is 2.64 bits per heavy atom. The van der Waals surface area contributed by atoms with Gasteiger partial charge in [-0.05, 0) is 43.7 Å². The number of carbonyl (C=O) groups is 1. The van der Waals surface area contributed by atoms with E-state index >= 15 is 0 Å². The summed E-state index contributed by atoms with van der Waals surface area (Å²) in [6.07, 6.45) is 0.867. The SMILES string of the molecule is CCCNC(=O)c1cc(C)nc(Nc2ccc(C#N)cc2)n1. The molecule has 6 nitrogen and oxygen atoms in total. The molecule has 1 aromatic heterocycles. The van der Waals surface area contributed by atoms with Crippen LogP contribution in [0.4, 0.5) is 11.6 Å². The van der Waals surface area contributed by atoms with Crippen LogP contribution in [-0.4, -0.2) is 22.4 Å². The fourth-order valence-electron chi connectivity index (χ4n) is 1.83. The van der Waals surface area contributed by atoms with Crippen molar-refractivity contribution in [3.05, 3.63) is 47.3 Å². The van der Waals surface area contributed by atoms with Gasteiger partial charge in [-0.3, -0.25) is 4.79 Å². The molecule has 6 heteroatoms. The van der Waals surface area contributed by atoms with Gasteiger partial charge in [-0.2, -0.15) is 5.26 Å². The number of hydrogen-bond acceptors (Lipinski definition) is 5. The van der Waals surface area contributed by atoms with Crippen molar-refractivity contribution in [1.29, 1.82) is 5.26 Å². The van der Waals surface area contributed by atoms with Gasteiger partial charge in [-0.15, -0.1) is 0 Å². The first-order valence-corrected chi connectivity index (χ1v) is 7.03. The molecule has 2 aromatic rings. The van der Waals surface area contributed by atoms with Crippen LogP contribution in [0.15, 0.2) is 30.3 Å². The molecule has 1 amide bonds. The normalized spacial score (nSPS) is 9.86. The van der Waals surface area contributed by atoms with E-state index in [-0.39, 0.29) is 5.91 Å². The van der Waals surface area contributed by atoms with E-state index in [9.17, 15) is 4.79 Å². The van der Waals surface area contributed by atoms with E-state index in [1.807, 2.05) is 13.8 Å². The molecular formula is C16H17N5O. The zero-order chi connectivity index (χ0) is 15.9. The van der Waals surface area contributed by atoms with Crippen molar-refractivity contribution < 1.29 is 4.79 Å². The fourth-order valence-corrected chi connectivity index (χ4v) is 1.83. The highest BCUT2D eigenvalue weighted by Crippen LogP contribution is 2.14. The first kappa shape index (κ1) is 15.4. The van der Waals surface area contributed by atoms with Crippen LogP contribution in [0.25, 0.3) is 0 Å². The van der Waals surface area contributed by atoms with Gasteiger partial charge >= 0.3 is 0 Å². The van der Waals surface area contributed by atoms with Crippen LogP contribution in [-0.2, 0) is 0 Å². The standard InChI is InChI=1S/C16H17N5O/c1-3-8-18-15(22)14-9-11(2)19-16(21-14)20-13-6-4-12(10-17)5-7-13/h4-7,9H,3,8H2,1-2H3,(H,18,22)(H,19,20,21). The molecule has 0 aliphatic heterocycles. The molecule has 0 fully saturated rings. The average Bonchev–Trinajstić information content (AvgIpc) is 2.52. The van der Waals surface area contributed by atoms with E-state index in [4.69, 9.17) is 5.26 Å². The minimum atomic E-state index is -0.213. The predicted octanol–water partition coefficient (Wildman–Crippen LogP) is 2.54. The molecule has 1 aromatic carbocycles. The van der Waals surface area contributed by atoms with Crippen LogP contribution >= 0.6 is 0 Å². The van der Waals surface area contributed by atoms with Crippen LogP contribution in [0.3, 0.4) is 0 Å². The molecular weight excluding hydrogens is 278 g/mol. The largest absolute Gasteiger partial charge is 0.351 e. The number of nitrogens with one attached hydrogen (secondary N) is 2. The summed E-state index contributed by atoms with van der Waals surface area (Å²) >= 11 is 0. The van der Waals surface area contributed by atoms with E-state index in [1.165, 1.54) is 0 Å². The van der Waals surface area contributed by atoms with Gasteiger partial charge in [-0.1, -0.05) is 6.92 Å². The number of aromatic nitrogens is 2. The molecule has 0 radical (unpaired) electrons. The zero-order valence-corrected chi connectivity index (χ0v) is 12.6. The number of amides is 1. The third-order valence-electron chi connectivity index (χ3n) is 2.89. The van der Waals surface area contributed by atoms with Gasteiger partial charge in [0.15, 0.2) is 0 Å². The van der Waals surface area contributed by atoms with Crippen LogP contribution < -0.4 is 10.6 Å². The quantitative estimate of drug-likeness (QED) is 0.884. The topological polar surface area (TPSA) is 90.7 Å². The summed E-state index contributed by atoms with van der Waals surface area (Å²) in [4.78, 5) is 20.5. The lowest BCUT2D eigenvalue weighted by Crippen LogP contribution is -2.25. The number of benzene rings is 1. The first-order chi connectivity index (χ1) is 10.6. The molecule has 22 heavy (non-hydrogen) atoms. The third kappa shape index (κ3) is 4.03. The first-order valence-electron chi connectivity index (χ1n) is 7.03. The van der Waals surface area contributed by atoms with E-state index in [1.54, 1.807) is 30.3 Å². The van der Waals surface area contributed by atoms with Gasteiger partial charge in [0.25, 0.3) is 5.91 Å². The Morgan fingerprint density at radius 1 is 1.27 bits per heavy atom. The summed E-state index contributed by atoms with van der Waals surface area (Å²) in [6, 6.07) is 10.6. The Balaban J connectivity index is 2.18. The van der Waals surface area contributed by atoms with Crippen molar-refractivity contribution in [2.24, 2.45) is 0 Å². The fraction of sp³-hybridized carbons (Fsp3) is 0.250. The van der Waals surface area contributed by atoms with Crippen LogP contribution in [0.5, 0.6) is 0 Å². The van der Waals surface area contributed by atoms with E-state index in [2.05, 4.69) is 26.7 Å². The summed E-state index contributed by atoms with van der Waals surface area (Å²) < 4.78 is 0. The number of hydrogen-bond donors (Lipinski definition) is 2. The van der Waals surface area contributed by atoms with Crippen molar-refractivity contribution in [1.82, 2.24) is 15.3 Å². The van der Waals surface area contributed by atoms with E-state index in [0.717, 1.165) is 12.1 Å². The second-order valence-corrected chi connectivity index (χ2v) is 4.79. The molecule has 0 bridgehead atoms. The molecule has 2 N–H and O–H groups in total. The molecule has 0 aliphatic rings. The van der Waals surface area contributed by atoms with Crippen LogP contribution in [0.2, 0.25) is 0 Å². The summed E-state index contributed by atoms with van der Waals surface area (Å²) in [6.45, 7) is 4.41. The Kier molecular flexibility index (Phi) is 5.04. The van der Waals surface area contributed by atoms with Crippen molar-refractivity contribution in [3.8, 4) is 6.07 Å². The second-order valence-electron chi connectivity index (χ2n) is 4.79. The monoisotopic (exact) mass is 295 g/mol. The molecule has 1 heterocycles. The number of nitriles is 1. The van der Waals surface area contributed by atoms with Gasteiger partial charge in [0.05, 0.1) is 11.6 Å². The highest BCUT2D eigenvalue weighted by molar-refractivity contribution is 5.92. The number of anilines is 2. The van der Waals surface area contributed by atoms with Gasteiger partial charge in [0.1, 0.15) is 5.69 Å². The summed E-state index contributed by atoms with van der Waals surface area (Å²) in [5, 5.41) is 14.6. The minimum absolute atomic E-state index is 0.213. The Hall–Kier alpha value is -2.94. The third-order valence-corrected chi connectivity index (χ3v) is 2.89. The lowest BCUT2D eigenvalue weighted by Gasteiger charge is -2.08. The molecule has 0 spiro atoms. The Bertz CT molecular complexity index is 703. The van der Waals surface area contributed by atoms with Crippen molar-refractivity contribution in [2.75, 3.05) is 11.9 Å². The van der Waals surface area contributed by atoms with Gasteiger partial charge < -0.3 is 10.6 Å². The molecule has 0 unspecified atom stereocenters. The molecule has 0 saturated heterocycles. The molecule has 0 saturated carbocycles. The Labute approximate surface area is 129 Å². The summed E-state index contributed by atoms with van der Waals surface area (Å²) in [7, 11) is 0. The maximum Gasteiger partial charge on any atom is 0.270 e. The lowest BCUT2D eigenvalue weighted by molar-refractivity contribution is 0.0948. The maximum atomic E-state index is 12.0. The number of aryl methyl sites for hydroxylation is 1. The molecule has 112 valence electrons. The van der Waals surface area contributed by atoms with E-state index in [0.29, 0.717) is 29.4 Å². The zero-order valence-electron chi connectivity index (χ0n) is 12.6. The average molecular weight is 295 g/mol. The van der Waals surface area contributed by atoms with Crippen LogP contribution in [0.1, 0.15) is 35.1 Å². The lowest BCUT2D eigenvalue weighted by atomic mass is 10.2. The van der Waals surface area contributed by atoms with Crippen molar-refractivity contribution in [3.63, 3.8) is 0 Å². The number of rotatable bonds is 5. The maximum absolute atomic E-state index is 12.0.